The highest BCUT2D eigenvalue weighted by atomic mass is 19.1. The van der Waals surface area contributed by atoms with Crippen LogP contribution in [0.25, 0.3) is 16.5 Å². The summed E-state index contributed by atoms with van der Waals surface area (Å²) >= 11 is 0. The van der Waals surface area contributed by atoms with E-state index in [2.05, 4.69) is 77.5 Å². The molecule has 0 bridgehead atoms. The lowest BCUT2D eigenvalue weighted by Crippen LogP contribution is -2.19. The summed E-state index contributed by atoms with van der Waals surface area (Å²) in [6.07, 6.45) is 24.1. The van der Waals surface area contributed by atoms with Crippen LogP contribution in [0.2, 0.25) is 0 Å². The van der Waals surface area contributed by atoms with Crippen molar-refractivity contribution in [3.8, 4) is 5.75 Å². The molecule has 1 heterocycles. The highest BCUT2D eigenvalue weighted by Crippen LogP contribution is 2.29. The van der Waals surface area contributed by atoms with Gasteiger partial charge in [-0.3, -0.25) is 9.98 Å². The summed E-state index contributed by atoms with van der Waals surface area (Å²) in [5, 5.41) is 0.845. The molecule has 46 heavy (non-hydrogen) atoms. The number of benzene rings is 1. The Balaban J connectivity index is 0.000000873. The smallest absolute Gasteiger partial charge is 0.167 e. The first-order valence-corrected chi connectivity index (χ1v) is 18.0. The molecule has 0 spiro atoms. The van der Waals surface area contributed by atoms with E-state index in [1.54, 1.807) is 12.3 Å². The number of pyridine rings is 1. The number of aliphatic imine (C=N–C) groups is 1. The zero-order chi connectivity index (χ0) is 34.7. The highest BCUT2D eigenvalue weighted by Gasteiger charge is 2.10. The minimum Gasteiger partial charge on any atom is -0.494 e. The molecule has 0 amide bonds. The fraction of sp³-hybridized carbons (Fsp3) is 0.610. The number of allylic oxidation sites excluding steroid dienone is 5. The van der Waals surface area contributed by atoms with Crippen LogP contribution < -0.4 is 4.74 Å². The second-order valence-electron chi connectivity index (χ2n) is 12.5. The van der Waals surface area contributed by atoms with Crippen LogP contribution in [-0.4, -0.2) is 42.8 Å². The lowest BCUT2D eigenvalue weighted by Gasteiger charge is -2.13. The first-order chi connectivity index (χ1) is 22.1. The van der Waals surface area contributed by atoms with Gasteiger partial charge >= 0.3 is 0 Å². The van der Waals surface area contributed by atoms with Crippen LogP contribution >= 0.6 is 0 Å². The second-order valence-corrected chi connectivity index (χ2v) is 12.5. The maximum Gasteiger partial charge on any atom is 0.167 e. The topological polar surface area (TPSA) is 37.7 Å². The zero-order valence-corrected chi connectivity index (χ0v) is 31.5. The average molecular weight is 638 g/mol. The van der Waals surface area contributed by atoms with E-state index < -0.39 is 5.82 Å². The van der Waals surface area contributed by atoms with Crippen LogP contribution in [-0.2, 0) is 0 Å². The molecule has 5 heteroatoms. The minimum absolute atomic E-state index is 0.213. The normalized spacial score (nSPS) is 13.0. The summed E-state index contributed by atoms with van der Waals surface area (Å²) in [6.45, 7) is 22.1. The van der Waals surface area contributed by atoms with Crippen LogP contribution in [0.1, 0.15) is 139 Å². The Bertz CT molecular complexity index is 1200. The van der Waals surface area contributed by atoms with Crippen LogP contribution in [0.15, 0.2) is 59.4 Å². The van der Waals surface area contributed by atoms with Crippen LogP contribution in [0, 0.1) is 11.7 Å². The fourth-order valence-corrected chi connectivity index (χ4v) is 5.20. The maximum absolute atomic E-state index is 14.0. The van der Waals surface area contributed by atoms with Crippen molar-refractivity contribution in [3.63, 3.8) is 0 Å². The molecule has 0 radical (unpaired) electrons. The van der Waals surface area contributed by atoms with Crippen molar-refractivity contribution in [1.82, 2.24) is 9.88 Å². The summed E-state index contributed by atoms with van der Waals surface area (Å²) in [6, 6.07) is 5.01. The van der Waals surface area contributed by atoms with Gasteiger partial charge in [0.05, 0.1) is 12.6 Å². The van der Waals surface area contributed by atoms with E-state index in [1.165, 1.54) is 89.6 Å². The van der Waals surface area contributed by atoms with Gasteiger partial charge in [0.1, 0.15) is 0 Å². The number of rotatable bonds is 18. The number of aromatic nitrogens is 1. The second kappa shape index (κ2) is 27.3. The highest BCUT2D eigenvalue weighted by molar-refractivity contribution is 5.97. The Morgan fingerprint density at radius 3 is 2.26 bits per heavy atom. The van der Waals surface area contributed by atoms with Crippen LogP contribution in [0.3, 0.4) is 0 Å². The molecular weight excluding hydrogens is 569 g/mol. The summed E-state index contributed by atoms with van der Waals surface area (Å²) in [5.41, 5.74) is 4.76. The largest absolute Gasteiger partial charge is 0.494 e. The van der Waals surface area contributed by atoms with E-state index in [9.17, 15) is 4.39 Å². The number of unbranched alkanes of at least 4 members (excludes halogenated alkanes) is 3. The van der Waals surface area contributed by atoms with Crippen molar-refractivity contribution in [1.29, 1.82) is 0 Å². The molecule has 0 aliphatic heterocycles. The van der Waals surface area contributed by atoms with Gasteiger partial charge in [-0.25, -0.2) is 4.39 Å². The molecule has 2 rings (SSSR count). The van der Waals surface area contributed by atoms with Crippen molar-refractivity contribution in [2.24, 2.45) is 10.9 Å². The Morgan fingerprint density at radius 1 is 0.957 bits per heavy atom. The number of nitrogens with zero attached hydrogens (tertiary/aromatic N) is 3. The average Bonchev–Trinajstić information content (AvgIpc) is 3.03. The number of halogens is 1. The minimum atomic E-state index is -0.413. The van der Waals surface area contributed by atoms with E-state index in [0.717, 1.165) is 41.0 Å². The van der Waals surface area contributed by atoms with Crippen LogP contribution in [0.4, 0.5) is 4.39 Å². The molecule has 1 aromatic heterocycles. The standard InChI is InChI=1S/C23H27FN2O.C10H22.C8H19N/c1-6-8-16(3)12-18(9-7-2)26-15-17(4)19-10-11-25-22-14-21(24)23(27-5)13-20(19)22;1-4-6-7-9-10(3)8-5-2;1-4-6-8-9(3)7-5-2/h6,8,10-15H,7,9H2,1-5H3;10H,4-9H2,1-3H3;4-8H2,1-3H3/b8-6-,16-12-,17-15+,26-18-;;. The predicted octanol–water partition coefficient (Wildman–Crippen LogP) is 12.6. The Hall–Kier alpha value is -2.79. The summed E-state index contributed by atoms with van der Waals surface area (Å²) in [5.74, 6) is 0.769. The van der Waals surface area contributed by atoms with Crippen LogP contribution in [0.5, 0.6) is 5.75 Å². The number of hydrogen-bond acceptors (Lipinski definition) is 4. The third kappa shape index (κ3) is 19.0. The van der Waals surface area contributed by atoms with Crippen molar-refractivity contribution in [3.05, 3.63) is 65.8 Å². The molecule has 1 unspecified atom stereocenters. The molecule has 0 aliphatic rings. The van der Waals surface area contributed by atoms with Gasteiger partial charge in [-0.05, 0) is 101 Å². The third-order valence-corrected chi connectivity index (χ3v) is 7.77. The van der Waals surface area contributed by atoms with E-state index in [0.29, 0.717) is 5.52 Å². The van der Waals surface area contributed by atoms with Crippen molar-refractivity contribution < 1.29 is 9.13 Å². The molecule has 1 atom stereocenters. The molecule has 1 aromatic carbocycles. The van der Waals surface area contributed by atoms with Gasteiger partial charge in [0.25, 0.3) is 0 Å². The number of methoxy groups -OCH3 is 1. The van der Waals surface area contributed by atoms with Gasteiger partial charge in [0.2, 0.25) is 0 Å². The fourth-order valence-electron chi connectivity index (χ4n) is 5.20. The SMILES string of the molecule is CCCCCC(C)CCC.CCCCN(C)CCC.C\C=C/C(C)=C\C(CCC)=N/C=C(\C)c1ccnc2cc(F)c(OC)cc12. The number of fused-ring (bicyclic) bond motifs is 1. The van der Waals surface area contributed by atoms with E-state index in [4.69, 9.17) is 9.73 Å². The molecule has 0 saturated carbocycles. The van der Waals surface area contributed by atoms with Gasteiger partial charge < -0.3 is 9.64 Å². The Labute approximate surface area is 283 Å². The summed E-state index contributed by atoms with van der Waals surface area (Å²) < 4.78 is 19.1. The number of hydrogen-bond donors (Lipinski definition) is 0. The quantitative estimate of drug-likeness (QED) is 0.0927. The molecule has 4 nitrogen and oxygen atoms in total. The predicted molar refractivity (Wildman–Crippen MR) is 204 cm³/mol. The van der Waals surface area contributed by atoms with Gasteiger partial charge in [0.15, 0.2) is 11.6 Å². The third-order valence-electron chi connectivity index (χ3n) is 7.77. The van der Waals surface area contributed by atoms with E-state index >= 15 is 0 Å². The molecular formula is C41H68FN3O. The Morgan fingerprint density at radius 2 is 1.67 bits per heavy atom. The lowest BCUT2D eigenvalue weighted by molar-refractivity contribution is 0.329. The van der Waals surface area contributed by atoms with Gasteiger partial charge in [-0.15, -0.1) is 0 Å². The van der Waals surface area contributed by atoms with Crippen molar-refractivity contribution >= 4 is 22.2 Å². The molecule has 0 N–H and O–H groups in total. The van der Waals surface area contributed by atoms with Gasteiger partial charge in [-0.1, -0.05) is 105 Å². The molecule has 0 aliphatic carbocycles. The van der Waals surface area contributed by atoms with E-state index in [1.807, 2.05) is 32.2 Å². The summed E-state index contributed by atoms with van der Waals surface area (Å²) in [7, 11) is 3.66. The molecule has 260 valence electrons. The van der Waals surface area contributed by atoms with Gasteiger partial charge in [-0.2, -0.15) is 0 Å². The monoisotopic (exact) mass is 638 g/mol. The summed E-state index contributed by atoms with van der Waals surface area (Å²) in [4.78, 5) is 11.4. The molecule has 2 aromatic rings. The zero-order valence-electron chi connectivity index (χ0n) is 31.5. The number of ether oxygens (including phenoxy) is 1. The Kier molecular flexibility index (Phi) is 25.7. The van der Waals surface area contributed by atoms with Gasteiger partial charge in [0, 0.05) is 29.6 Å². The van der Waals surface area contributed by atoms with E-state index in [-0.39, 0.29) is 5.75 Å². The molecule has 0 fully saturated rings. The first-order valence-electron chi connectivity index (χ1n) is 18.0. The lowest BCUT2D eigenvalue weighted by atomic mass is 9.99. The maximum atomic E-state index is 14.0. The van der Waals surface area contributed by atoms with Crippen molar-refractivity contribution in [2.45, 2.75) is 133 Å². The first kappa shape index (κ1) is 43.2. The van der Waals surface area contributed by atoms with Crippen molar-refractivity contribution in [2.75, 3.05) is 27.2 Å². The molecule has 0 saturated heterocycles.